The van der Waals surface area contributed by atoms with E-state index in [9.17, 15) is 0 Å². The van der Waals surface area contributed by atoms with Crippen LogP contribution in [0.5, 0.6) is 0 Å². The minimum absolute atomic E-state index is 0.917. The average Bonchev–Trinajstić information content (AvgIpc) is 2.43. The van der Waals surface area contributed by atoms with Gasteiger partial charge in [0.15, 0.2) is 0 Å². The van der Waals surface area contributed by atoms with Crippen LogP contribution in [0.15, 0.2) is 66.7 Å². The molecule has 0 heterocycles. The molecule has 0 aromatic heterocycles. The maximum atomic E-state index is 5.06. The molecular weight excluding hydrogens is 529 g/mol. The van der Waals surface area contributed by atoms with Crippen molar-refractivity contribution >= 4 is 73.9 Å². The van der Waals surface area contributed by atoms with Crippen molar-refractivity contribution in [3.05, 3.63) is 77.1 Å². The van der Waals surface area contributed by atoms with E-state index in [4.69, 9.17) is 53.0 Å². The molecule has 8 heteroatoms. The molecule has 0 unspecified atom stereocenters. The normalized spacial score (nSPS) is 13.8. The quantitative estimate of drug-likeness (QED) is 0.254. The van der Waals surface area contributed by atoms with Gasteiger partial charge in [0.2, 0.25) is 0 Å². The molecule has 0 aliphatic carbocycles. The van der Waals surface area contributed by atoms with Gasteiger partial charge in [0.25, 0.3) is 0 Å². The van der Waals surface area contributed by atoms with Gasteiger partial charge in [-0.05, 0) is 16.5 Å². The van der Waals surface area contributed by atoms with E-state index in [-0.39, 0.29) is 0 Å². The second-order valence-electron chi connectivity index (χ2n) is 4.28. The second-order valence-corrected chi connectivity index (χ2v) is 61.2. The molecule has 0 aliphatic heterocycles. The summed E-state index contributed by atoms with van der Waals surface area (Å²) in [5, 5.41) is 0. The third kappa shape index (κ3) is 16.9. The van der Waals surface area contributed by atoms with Gasteiger partial charge >= 0.3 is 73.9 Å². The number of benzene rings is 2. The number of halogens is 6. The van der Waals surface area contributed by atoms with Gasteiger partial charge in [0.05, 0.1) is 6.08 Å². The van der Waals surface area contributed by atoms with Crippen molar-refractivity contribution < 1.29 is 0 Å². The average molecular weight is 541 g/mol. The molecule has 0 aliphatic rings. The molecule has 0 bridgehead atoms. The molecule has 1 nitrogen and oxygen atoms in total. The van der Waals surface area contributed by atoms with E-state index in [0.717, 1.165) is 11.3 Å². The summed E-state index contributed by atoms with van der Waals surface area (Å²) in [6.07, 6.45) is 3.80. The SMILES string of the molecule is C(/C=C/c1ccccc1)#[N+]c1ccccc1.[Cl][Sb-]([Cl])([Cl])([Cl])([Cl])[Cl]. The van der Waals surface area contributed by atoms with Crippen molar-refractivity contribution in [2.24, 2.45) is 0 Å². The summed E-state index contributed by atoms with van der Waals surface area (Å²) < 4.78 is 0. The molecule has 0 atom stereocenters. The van der Waals surface area contributed by atoms with E-state index >= 15 is 0 Å². The van der Waals surface area contributed by atoms with Crippen molar-refractivity contribution in [1.29, 1.82) is 0 Å². The number of allylic oxidation sites excluding steroid dienone is 1. The topological polar surface area (TPSA) is 4.36 Å². The van der Waals surface area contributed by atoms with E-state index < -0.39 is 9.14 Å². The molecule has 2 rings (SSSR count). The van der Waals surface area contributed by atoms with Gasteiger partial charge in [-0.3, -0.25) is 0 Å². The standard InChI is InChI=1S/C15H12N.6ClH.Sb/c1-3-8-14(9-4-1)10-7-13-16-15-11-5-2-6-12-15;;;;;;;/h1-12H;6*1H;/q+1;;;;;;;+5/p-6/b10-7+;;;;;;;. The molecular formula is C15H12Cl6NSb. The Morgan fingerprint density at radius 2 is 1.17 bits per heavy atom. The van der Waals surface area contributed by atoms with Crippen molar-refractivity contribution in [3.8, 4) is 6.07 Å². The molecule has 0 saturated carbocycles. The number of nitrogens with zero attached hydrogens (tertiary/aromatic N) is 1. The van der Waals surface area contributed by atoms with Crippen LogP contribution >= 0.6 is 53.0 Å². The van der Waals surface area contributed by atoms with Gasteiger partial charge in [-0.15, -0.1) is 0 Å². The molecule has 2 aromatic carbocycles. The number of rotatable bonds is 1. The van der Waals surface area contributed by atoms with Crippen LogP contribution in [-0.4, -0.2) is 9.14 Å². The van der Waals surface area contributed by atoms with Crippen LogP contribution in [0.3, 0.4) is 0 Å². The maximum absolute atomic E-state index is 5.42. The van der Waals surface area contributed by atoms with Crippen LogP contribution in [0.1, 0.15) is 5.56 Å². The van der Waals surface area contributed by atoms with E-state index in [2.05, 4.69) is 10.9 Å². The van der Waals surface area contributed by atoms with Crippen LogP contribution in [0, 0.1) is 6.07 Å². The van der Waals surface area contributed by atoms with Gasteiger partial charge in [-0.25, -0.2) is 0 Å². The molecule has 0 fully saturated rings. The molecule has 0 saturated heterocycles. The summed E-state index contributed by atoms with van der Waals surface area (Å²) in [7, 11) is 25.0. The van der Waals surface area contributed by atoms with Crippen molar-refractivity contribution in [1.82, 2.24) is 0 Å². The number of hydrogen-bond donors (Lipinski definition) is 0. The summed E-state index contributed by atoms with van der Waals surface area (Å²) in [5.41, 5.74) is 2.07. The zero-order valence-corrected chi connectivity index (χ0v) is 18.7. The molecule has 0 amide bonds. The van der Waals surface area contributed by atoms with Gasteiger partial charge in [-0.2, -0.15) is 0 Å². The van der Waals surface area contributed by atoms with E-state index in [0.29, 0.717) is 0 Å². The van der Waals surface area contributed by atoms with Gasteiger partial charge < -0.3 is 0 Å². The van der Waals surface area contributed by atoms with Crippen LogP contribution < -0.4 is 0 Å². The predicted molar refractivity (Wildman–Crippen MR) is 110 cm³/mol. The third-order valence-corrected chi connectivity index (χ3v) is 2.10. The Morgan fingerprint density at radius 3 is 1.65 bits per heavy atom. The molecule has 2 aromatic rings. The van der Waals surface area contributed by atoms with E-state index in [1.165, 1.54) is 0 Å². The fraction of sp³-hybridized carbons (Fsp3) is 0. The van der Waals surface area contributed by atoms with Crippen molar-refractivity contribution in [3.63, 3.8) is 0 Å². The first-order chi connectivity index (χ1) is 10.4. The molecule has 23 heavy (non-hydrogen) atoms. The summed E-state index contributed by atoms with van der Waals surface area (Å²) in [4.78, 5) is 4.18. The van der Waals surface area contributed by atoms with Crippen LogP contribution in [0.4, 0.5) is 5.69 Å². The fourth-order valence-corrected chi connectivity index (χ4v) is 1.31. The van der Waals surface area contributed by atoms with Crippen molar-refractivity contribution in [2.75, 3.05) is 0 Å². The number of hydrogen-bond acceptors (Lipinski definition) is 0. The monoisotopic (exact) mass is 537 g/mol. The Kier molecular flexibility index (Phi) is 7.46. The summed E-state index contributed by atoms with van der Waals surface area (Å²) in [5.74, 6) is 0. The minimum atomic E-state index is -5.42. The van der Waals surface area contributed by atoms with E-state index in [1.807, 2.05) is 72.8 Å². The molecule has 0 radical (unpaired) electrons. The first-order valence-corrected chi connectivity index (χ1v) is 25.6. The van der Waals surface area contributed by atoms with Crippen LogP contribution in [-0.2, 0) is 0 Å². The Labute approximate surface area is 155 Å². The van der Waals surface area contributed by atoms with Crippen molar-refractivity contribution in [2.45, 2.75) is 0 Å². The fourth-order valence-electron chi connectivity index (χ4n) is 1.31. The van der Waals surface area contributed by atoms with Gasteiger partial charge in [0.1, 0.15) is 0 Å². The molecule has 0 spiro atoms. The summed E-state index contributed by atoms with van der Waals surface area (Å²) >= 11 is 0. The van der Waals surface area contributed by atoms with Crippen LogP contribution in [0.25, 0.3) is 10.9 Å². The molecule has 124 valence electrons. The third-order valence-electron chi connectivity index (χ3n) is 2.10. The van der Waals surface area contributed by atoms with E-state index in [1.54, 1.807) is 0 Å². The first kappa shape index (κ1) is 21.3. The first-order valence-electron chi connectivity index (χ1n) is 6.19. The zero-order valence-electron chi connectivity index (χ0n) is 11.6. The summed E-state index contributed by atoms with van der Waals surface area (Å²) in [6, 6.07) is 22.8. The summed E-state index contributed by atoms with van der Waals surface area (Å²) in [6.45, 7) is 0. The predicted octanol–water partition coefficient (Wildman–Crippen LogP) is 8.12. The zero-order chi connectivity index (χ0) is 17.5. The van der Waals surface area contributed by atoms with Crippen LogP contribution in [0.2, 0.25) is 0 Å². The van der Waals surface area contributed by atoms with Gasteiger partial charge in [0, 0.05) is 12.1 Å². The Balaban J connectivity index is 0.000000322. The van der Waals surface area contributed by atoms with Gasteiger partial charge in [-0.1, -0.05) is 48.5 Å². The Bertz CT molecular complexity index is 701. The second kappa shape index (κ2) is 8.07. The Hall–Kier alpha value is 0.228. The molecule has 0 N–H and O–H groups in total. The number of para-hydroxylation sites is 1. The Morgan fingerprint density at radius 1 is 0.739 bits per heavy atom.